The van der Waals surface area contributed by atoms with Crippen molar-refractivity contribution in [2.24, 2.45) is 0 Å². The highest BCUT2D eigenvalue weighted by molar-refractivity contribution is 7.89. The van der Waals surface area contributed by atoms with Crippen molar-refractivity contribution in [3.8, 4) is 0 Å². The smallest absolute Gasteiger partial charge is 0.247 e. The molecule has 0 spiro atoms. The van der Waals surface area contributed by atoms with Crippen LogP contribution in [0.5, 0.6) is 0 Å². The first-order chi connectivity index (χ1) is 14.7. The predicted molar refractivity (Wildman–Crippen MR) is 120 cm³/mol. The van der Waals surface area contributed by atoms with E-state index in [1.807, 2.05) is 49.1 Å². The van der Waals surface area contributed by atoms with E-state index in [1.54, 1.807) is 36.4 Å². The van der Waals surface area contributed by atoms with Crippen LogP contribution in [0.4, 0.5) is 0 Å². The third-order valence-electron chi connectivity index (χ3n) is 5.66. The van der Waals surface area contributed by atoms with Crippen LogP contribution >= 0.6 is 0 Å². The van der Waals surface area contributed by atoms with Crippen LogP contribution in [0.15, 0.2) is 65.6 Å². The number of carbonyl (C=O) groups excluding carboxylic acids is 1. The Bertz CT molecular complexity index is 1060. The van der Waals surface area contributed by atoms with E-state index in [1.165, 1.54) is 0 Å². The molecule has 0 aromatic heterocycles. The van der Waals surface area contributed by atoms with Crippen molar-refractivity contribution in [1.29, 1.82) is 0 Å². The molecule has 4 rings (SSSR count). The zero-order valence-corrected chi connectivity index (χ0v) is 18.6. The predicted octanol–water partition coefficient (Wildman–Crippen LogP) is 3.52. The van der Waals surface area contributed by atoms with E-state index >= 15 is 0 Å². The van der Waals surface area contributed by atoms with E-state index in [0.29, 0.717) is 13.2 Å². The molecular formula is C24H28N2O4S. The summed E-state index contributed by atoms with van der Waals surface area (Å²) < 4.78 is 33.3. The quantitative estimate of drug-likeness (QED) is 0.698. The van der Waals surface area contributed by atoms with E-state index < -0.39 is 15.6 Å². The lowest BCUT2D eigenvalue weighted by Gasteiger charge is -2.45. The zero-order chi connectivity index (χ0) is 22.1. The van der Waals surface area contributed by atoms with Gasteiger partial charge in [-0.3, -0.25) is 4.79 Å². The van der Waals surface area contributed by atoms with Crippen molar-refractivity contribution in [3.05, 3.63) is 71.8 Å². The lowest BCUT2D eigenvalue weighted by atomic mass is 9.98. The molecule has 1 aliphatic carbocycles. The number of hydrogen-bond donors (Lipinski definition) is 1. The van der Waals surface area contributed by atoms with Gasteiger partial charge in [-0.25, -0.2) is 13.1 Å². The minimum Gasteiger partial charge on any atom is -0.369 e. The van der Waals surface area contributed by atoms with Gasteiger partial charge in [0.1, 0.15) is 6.10 Å². The van der Waals surface area contributed by atoms with Crippen molar-refractivity contribution >= 4 is 22.0 Å². The Hall–Kier alpha value is -2.48. The van der Waals surface area contributed by atoms with Crippen molar-refractivity contribution < 1.29 is 17.9 Å². The number of ether oxygens (including phenoxy) is 1. The Morgan fingerprint density at radius 1 is 1.10 bits per heavy atom. The molecule has 1 N–H and O–H groups in total. The molecule has 1 amide bonds. The van der Waals surface area contributed by atoms with Crippen LogP contribution in [0.25, 0.3) is 6.08 Å². The van der Waals surface area contributed by atoms with E-state index in [4.69, 9.17) is 4.74 Å². The third-order valence-corrected chi connectivity index (χ3v) is 7.20. The average Bonchev–Trinajstić information content (AvgIpc) is 3.56. The fraction of sp³-hybridized carbons (Fsp3) is 0.375. The maximum Gasteiger partial charge on any atom is 0.247 e. The fourth-order valence-electron chi connectivity index (χ4n) is 3.61. The Kier molecular flexibility index (Phi) is 6.01. The third kappa shape index (κ3) is 5.23. The number of carbonyl (C=O) groups is 1. The van der Waals surface area contributed by atoms with Crippen LogP contribution in [0.2, 0.25) is 0 Å². The molecule has 1 aliphatic heterocycles. The zero-order valence-electron chi connectivity index (χ0n) is 17.8. The van der Waals surface area contributed by atoms with Gasteiger partial charge in [0.05, 0.1) is 23.6 Å². The Balaban J connectivity index is 1.44. The normalized spacial score (nSPS) is 21.4. The molecule has 2 aromatic rings. The topological polar surface area (TPSA) is 75.7 Å². The molecule has 0 bridgehead atoms. The number of nitrogens with one attached hydrogen (secondary N) is 1. The summed E-state index contributed by atoms with van der Waals surface area (Å²) in [6.07, 6.45) is 4.89. The number of sulfonamides is 1. The molecule has 1 atom stereocenters. The lowest BCUT2D eigenvalue weighted by Crippen LogP contribution is -2.55. The minimum atomic E-state index is -3.47. The van der Waals surface area contributed by atoms with Crippen molar-refractivity contribution in [3.63, 3.8) is 0 Å². The van der Waals surface area contributed by atoms with Crippen LogP contribution in [0.1, 0.15) is 43.9 Å². The summed E-state index contributed by atoms with van der Waals surface area (Å²) in [5.41, 5.74) is 1.40. The Morgan fingerprint density at radius 3 is 2.42 bits per heavy atom. The number of hydrogen-bond acceptors (Lipinski definition) is 4. The van der Waals surface area contributed by atoms with Gasteiger partial charge in [0.25, 0.3) is 0 Å². The molecule has 2 aliphatic rings. The van der Waals surface area contributed by atoms with E-state index in [0.717, 1.165) is 24.0 Å². The van der Waals surface area contributed by atoms with Gasteiger partial charge in [-0.05, 0) is 56.0 Å². The van der Waals surface area contributed by atoms with Gasteiger partial charge in [-0.2, -0.15) is 0 Å². The van der Waals surface area contributed by atoms with Crippen molar-refractivity contribution in [2.45, 2.75) is 49.3 Å². The van der Waals surface area contributed by atoms with E-state index in [-0.39, 0.29) is 22.9 Å². The molecule has 7 heteroatoms. The first-order valence-corrected chi connectivity index (χ1v) is 12.0. The van der Waals surface area contributed by atoms with Gasteiger partial charge in [0.2, 0.25) is 15.9 Å². The van der Waals surface area contributed by atoms with Crippen LogP contribution in [-0.2, 0) is 19.6 Å². The molecule has 1 heterocycles. The van der Waals surface area contributed by atoms with Crippen LogP contribution in [0.3, 0.4) is 0 Å². The molecule has 31 heavy (non-hydrogen) atoms. The molecule has 2 fully saturated rings. The van der Waals surface area contributed by atoms with Gasteiger partial charge in [0.15, 0.2) is 0 Å². The van der Waals surface area contributed by atoms with E-state index in [9.17, 15) is 13.2 Å². The molecule has 1 saturated carbocycles. The highest BCUT2D eigenvalue weighted by Gasteiger charge is 2.37. The van der Waals surface area contributed by atoms with Gasteiger partial charge in [0, 0.05) is 12.1 Å². The average molecular weight is 441 g/mol. The Labute approximate surface area is 184 Å². The highest BCUT2D eigenvalue weighted by Crippen LogP contribution is 2.30. The minimum absolute atomic E-state index is 0.0683. The molecule has 1 saturated heterocycles. The summed E-state index contributed by atoms with van der Waals surface area (Å²) in [5, 5.41) is 0. The summed E-state index contributed by atoms with van der Waals surface area (Å²) in [6, 6.07) is 16.5. The molecule has 0 radical (unpaired) electrons. The van der Waals surface area contributed by atoms with Crippen LogP contribution in [-0.4, -0.2) is 44.0 Å². The van der Waals surface area contributed by atoms with Crippen molar-refractivity contribution in [2.75, 3.05) is 13.2 Å². The first-order valence-electron chi connectivity index (χ1n) is 10.5. The largest absolute Gasteiger partial charge is 0.369 e. The number of benzene rings is 2. The van der Waals surface area contributed by atoms with Crippen LogP contribution in [0, 0.1) is 0 Å². The molecule has 1 unspecified atom stereocenters. The summed E-state index contributed by atoms with van der Waals surface area (Å²) in [5.74, 6) is -0.0960. The van der Waals surface area contributed by atoms with Crippen LogP contribution < -0.4 is 4.72 Å². The van der Waals surface area contributed by atoms with Gasteiger partial charge in [-0.15, -0.1) is 0 Å². The van der Waals surface area contributed by atoms with Gasteiger partial charge >= 0.3 is 0 Å². The second-order valence-electron chi connectivity index (χ2n) is 8.77. The molecule has 2 aromatic carbocycles. The molecule has 6 nitrogen and oxygen atoms in total. The second kappa shape index (κ2) is 8.57. The van der Waals surface area contributed by atoms with Crippen molar-refractivity contribution in [1.82, 2.24) is 9.62 Å². The van der Waals surface area contributed by atoms with Gasteiger partial charge < -0.3 is 9.64 Å². The number of nitrogens with zero attached hydrogens (tertiary/aromatic N) is 1. The number of amides is 1. The maximum absolute atomic E-state index is 13.0. The highest BCUT2D eigenvalue weighted by atomic mass is 32.2. The molecular weight excluding hydrogens is 412 g/mol. The summed E-state index contributed by atoms with van der Waals surface area (Å²) in [7, 11) is -3.47. The number of morpholine rings is 1. The maximum atomic E-state index is 13.0. The summed E-state index contributed by atoms with van der Waals surface area (Å²) in [4.78, 5) is 15.1. The Morgan fingerprint density at radius 2 is 1.77 bits per heavy atom. The van der Waals surface area contributed by atoms with E-state index in [2.05, 4.69) is 4.72 Å². The van der Waals surface area contributed by atoms with Gasteiger partial charge in [-0.1, -0.05) is 42.5 Å². The summed E-state index contributed by atoms with van der Waals surface area (Å²) in [6.45, 7) is 4.91. The lowest BCUT2D eigenvalue weighted by molar-refractivity contribution is -0.149. The fourth-order valence-corrected chi connectivity index (χ4v) is 4.91. The second-order valence-corrected chi connectivity index (χ2v) is 10.5. The monoisotopic (exact) mass is 440 g/mol. The SMILES string of the molecule is CC1(C)COC(c2ccccc2)CN1C(=O)C=Cc1ccc(S(=O)(=O)NC2CC2)cc1. The molecule has 164 valence electrons. The summed E-state index contributed by atoms with van der Waals surface area (Å²) >= 11 is 0. The standard InChI is InChI=1S/C24H28N2O4S/c1-24(2)17-30-22(19-6-4-3-5-7-19)16-26(24)23(27)15-10-18-8-13-21(14-9-18)31(28,29)25-20-11-12-20/h3-10,13-15,20,22,25H,11-12,16-17H2,1-2H3. The first kappa shape index (κ1) is 21.7. The number of rotatable bonds is 6.